The molecule has 1 aromatic rings. The van der Waals surface area contributed by atoms with Crippen molar-refractivity contribution in [2.45, 2.75) is 6.42 Å². The van der Waals surface area contributed by atoms with Crippen molar-refractivity contribution in [3.05, 3.63) is 17.7 Å². The first kappa shape index (κ1) is 10.1. The van der Waals surface area contributed by atoms with Crippen LogP contribution in [0.1, 0.15) is 5.56 Å². The first-order valence-corrected chi connectivity index (χ1v) is 5.07. The Labute approximate surface area is 88.8 Å². The molecule has 1 aliphatic rings. The van der Waals surface area contributed by atoms with E-state index in [0.29, 0.717) is 19.0 Å². The predicted octanol–water partition coefficient (Wildman–Crippen LogP) is 0.925. The normalized spacial score (nSPS) is 13.9. The lowest BCUT2D eigenvalue weighted by molar-refractivity contribution is 0.169. The maximum Gasteiger partial charge on any atom is 0.165 e. The third-order valence-corrected chi connectivity index (χ3v) is 2.35. The molecule has 82 valence electrons. The quantitative estimate of drug-likeness (QED) is 0.777. The van der Waals surface area contributed by atoms with Gasteiger partial charge in [-0.2, -0.15) is 0 Å². The van der Waals surface area contributed by atoms with Crippen molar-refractivity contribution in [1.29, 1.82) is 0 Å². The van der Waals surface area contributed by atoms with Crippen molar-refractivity contribution in [2.24, 2.45) is 0 Å². The lowest BCUT2D eigenvalue weighted by atomic mass is 10.1. The highest BCUT2D eigenvalue weighted by Crippen LogP contribution is 2.37. The Bertz CT molecular complexity index is 352. The number of aromatic hydroxyl groups is 1. The molecule has 1 heterocycles. The van der Waals surface area contributed by atoms with Gasteiger partial charge in [0.25, 0.3) is 0 Å². The molecule has 0 fully saturated rings. The van der Waals surface area contributed by atoms with Crippen molar-refractivity contribution < 1.29 is 14.6 Å². The van der Waals surface area contributed by atoms with E-state index in [1.807, 2.05) is 7.05 Å². The van der Waals surface area contributed by atoms with Crippen LogP contribution in [0.15, 0.2) is 12.1 Å². The molecule has 0 spiro atoms. The van der Waals surface area contributed by atoms with Gasteiger partial charge in [-0.25, -0.2) is 0 Å². The number of fused-ring (bicyclic) bond motifs is 1. The van der Waals surface area contributed by atoms with E-state index >= 15 is 0 Å². The van der Waals surface area contributed by atoms with E-state index < -0.39 is 0 Å². The average Bonchev–Trinajstić information content (AvgIpc) is 2.25. The largest absolute Gasteiger partial charge is 0.508 e. The number of hydrogen-bond donors (Lipinski definition) is 2. The molecule has 1 aliphatic heterocycles. The molecule has 2 N–H and O–H groups in total. The SMILES string of the molecule is CNCCc1cc(O)cc2c1OCCO2. The molecule has 0 radical (unpaired) electrons. The third kappa shape index (κ3) is 2.15. The van der Waals surface area contributed by atoms with Crippen LogP contribution in [0.4, 0.5) is 0 Å². The van der Waals surface area contributed by atoms with Gasteiger partial charge in [0.2, 0.25) is 0 Å². The zero-order chi connectivity index (χ0) is 10.7. The van der Waals surface area contributed by atoms with Crippen LogP contribution >= 0.6 is 0 Å². The molecule has 0 amide bonds. The number of nitrogens with one attached hydrogen (secondary N) is 1. The first-order valence-electron chi connectivity index (χ1n) is 5.07. The van der Waals surface area contributed by atoms with Crippen molar-refractivity contribution in [1.82, 2.24) is 5.32 Å². The molecule has 4 nitrogen and oxygen atoms in total. The minimum absolute atomic E-state index is 0.227. The van der Waals surface area contributed by atoms with Gasteiger partial charge in [0.15, 0.2) is 11.5 Å². The van der Waals surface area contributed by atoms with Gasteiger partial charge < -0.3 is 19.9 Å². The summed E-state index contributed by atoms with van der Waals surface area (Å²) in [5.41, 5.74) is 0.985. The van der Waals surface area contributed by atoms with Gasteiger partial charge in [-0.15, -0.1) is 0 Å². The van der Waals surface area contributed by atoms with E-state index in [0.717, 1.165) is 24.3 Å². The summed E-state index contributed by atoms with van der Waals surface area (Å²) in [6.07, 6.45) is 0.816. The summed E-state index contributed by atoms with van der Waals surface area (Å²) in [6.45, 7) is 1.96. The van der Waals surface area contributed by atoms with Crippen LogP contribution < -0.4 is 14.8 Å². The smallest absolute Gasteiger partial charge is 0.165 e. The van der Waals surface area contributed by atoms with E-state index in [9.17, 15) is 5.11 Å². The molecule has 0 bridgehead atoms. The average molecular weight is 209 g/mol. The molecule has 0 aliphatic carbocycles. The van der Waals surface area contributed by atoms with E-state index in [-0.39, 0.29) is 5.75 Å². The molecular formula is C11H15NO3. The fourth-order valence-electron chi connectivity index (χ4n) is 1.66. The highest BCUT2D eigenvalue weighted by Gasteiger charge is 2.16. The summed E-state index contributed by atoms with van der Waals surface area (Å²) in [5, 5.41) is 12.6. The highest BCUT2D eigenvalue weighted by atomic mass is 16.6. The fourth-order valence-corrected chi connectivity index (χ4v) is 1.66. The Hall–Kier alpha value is -1.42. The monoisotopic (exact) mass is 209 g/mol. The molecule has 2 rings (SSSR count). The van der Waals surface area contributed by atoms with Crippen LogP contribution in [0, 0.1) is 0 Å². The standard InChI is InChI=1S/C11H15NO3/c1-12-3-2-8-6-9(13)7-10-11(8)15-5-4-14-10/h6-7,12-13H,2-5H2,1H3. The third-order valence-electron chi connectivity index (χ3n) is 2.35. The Balaban J connectivity index is 2.30. The Morgan fingerprint density at radius 2 is 2.13 bits per heavy atom. The van der Waals surface area contributed by atoms with Crippen LogP contribution in [0.5, 0.6) is 17.2 Å². The van der Waals surface area contributed by atoms with Gasteiger partial charge in [-0.1, -0.05) is 0 Å². The maximum absolute atomic E-state index is 9.51. The number of phenolic OH excluding ortho intramolecular Hbond substituents is 1. The zero-order valence-electron chi connectivity index (χ0n) is 8.75. The number of likely N-dealkylation sites (N-methyl/N-ethyl adjacent to an activating group) is 1. The van der Waals surface area contributed by atoms with Crippen LogP contribution in [-0.2, 0) is 6.42 Å². The van der Waals surface area contributed by atoms with Crippen molar-refractivity contribution in [2.75, 3.05) is 26.8 Å². The summed E-state index contributed by atoms with van der Waals surface area (Å²) in [5.74, 6) is 1.65. The van der Waals surface area contributed by atoms with E-state index in [2.05, 4.69) is 5.32 Å². The number of ether oxygens (including phenoxy) is 2. The van der Waals surface area contributed by atoms with E-state index in [1.165, 1.54) is 0 Å². The summed E-state index contributed by atoms with van der Waals surface area (Å²) in [4.78, 5) is 0. The predicted molar refractivity (Wildman–Crippen MR) is 56.7 cm³/mol. The maximum atomic E-state index is 9.51. The van der Waals surface area contributed by atoms with Crippen LogP contribution in [0.3, 0.4) is 0 Å². The molecule has 4 heteroatoms. The molecule has 0 saturated carbocycles. The van der Waals surface area contributed by atoms with Gasteiger partial charge in [-0.3, -0.25) is 0 Å². The van der Waals surface area contributed by atoms with E-state index in [1.54, 1.807) is 12.1 Å². The molecule has 0 unspecified atom stereocenters. The van der Waals surface area contributed by atoms with Crippen molar-refractivity contribution in [3.8, 4) is 17.2 Å². The van der Waals surface area contributed by atoms with Crippen LogP contribution in [0.2, 0.25) is 0 Å². The molecule has 1 aromatic carbocycles. The highest BCUT2D eigenvalue weighted by molar-refractivity contribution is 5.52. The van der Waals surface area contributed by atoms with Gasteiger partial charge in [0.1, 0.15) is 19.0 Å². The van der Waals surface area contributed by atoms with E-state index in [4.69, 9.17) is 9.47 Å². The summed E-state index contributed by atoms with van der Waals surface area (Å²) in [6, 6.07) is 3.32. The molecular weight excluding hydrogens is 194 g/mol. The molecule has 15 heavy (non-hydrogen) atoms. The minimum Gasteiger partial charge on any atom is -0.508 e. The number of benzene rings is 1. The molecule has 0 saturated heterocycles. The summed E-state index contributed by atoms with van der Waals surface area (Å²) < 4.78 is 11.0. The van der Waals surface area contributed by atoms with Gasteiger partial charge >= 0.3 is 0 Å². The zero-order valence-corrected chi connectivity index (χ0v) is 8.75. The second kappa shape index (κ2) is 4.40. The minimum atomic E-state index is 0.227. The van der Waals surface area contributed by atoms with Crippen LogP contribution in [0.25, 0.3) is 0 Å². The lowest BCUT2D eigenvalue weighted by Crippen LogP contribution is -2.18. The molecule has 0 aromatic heterocycles. The fraction of sp³-hybridized carbons (Fsp3) is 0.455. The second-order valence-electron chi connectivity index (χ2n) is 3.48. The number of phenols is 1. The molecule has 0 atom stereocenters. The van der Waals surface area contributed by atoms with Crippen molar-refractivity contribution >= 4 is 0 Å². The Morgan fingerprint density at radius 3 is 2.93 bits per heavy atom. The number of hydrogen-bond acceptors (Lipinski definition) is 4. The Kier molecular flexibility index (Phi) is 2.97. The Morgan fingerprint density at radius 1 is 1.33 bits per heavy atom. The second-order valence-corrected chi connectivity index (χ2v) is 3.48. The van der Waals surface area contributed by atoms with Crippen LogP contribution in [-0.4, -0.2) is 31.9 Å². The van der Waals surface area contributed by atoms with Gasteiger partial charge in [0, 0.05) is 11.6 Å². The summed E-state index contributed by atoms with van der Waals surface area (Å²) in [7, 11) is 1.90. The lowest BCUT2D eigenvalue weighted by Gasteiger charge is -2.21. The van der Waals surface area contributed by atoms with Gasteiger partial charge in [0.05, 0.1) is 0 Å². The summed E-state index contributed by atoms with van der Waals surface area (Å²) >= 11 is 0. The number of rotatable bonds is 3. The first-order chi connectivity index (χ1) is 7.31. The topological polar surface area (TPSA) is 50.7 Å². The van der Waals surface area contributed by atoms with Crippen molar-refractivity contribution in [3.63, 3.8) is 0 Å². The van der Waals surface area contributed by atoms with Gasteiger partial charge in [-0.05, 0) is 26.1 Å².